The first-order chi connectivity index (χ1) is 13.8. The summed E-state index contributed by atoms with van der Waals surface area (Å²) in [6.45, 7) is 7.58. The number of hydrogen-bond donors (Lipinski definition) is 1. The van der Waals surface area contributed by atoms with E-state index in [0.29, 0.717) is 37.7 Å². The van der Waals surface area contributed by atoms with Crippen LogP contribution in [0.3, 0.4) is 0 Å². The summed E-state index contributed by atoms with van der Waals surface area (Å²) in [5.74, 6) is -0.227. The van der Waals surface area contributed by atoms with Gasteiger partial charge in [0.2, 0.25) is 5.91 Å². The fraction of sp³-hybridized carbons (Fsp3) is 0.455. The van der Waals surface area contributed by atoms with Crippen LogP contribution in [-0.2, 0) is 18.4 Å². The van der Waals surface area contributed by atoms with Crippen LogP contribution in [0.5, 0.6) is 0 Å². The van der Waals surface area contributed by atoms with Gasteiger partial charge in [-0.1, -0.05) is 26.8 Å². The molecule has 29 heavy (non-hydrogen) atoms. The molecule has 0 unspecified atom stereocenters. The van der Waals surface area contributed by atoms with E-state index in [1.807, 2.05) is 36.9 Å². The number of aromatic nitrogens is 1. The molecule has 3 amide bonds. The Labute approximate surface area is 172 Å². The molecule has 0 aliphatic heterocycles. The molecule has 158 valence electrons. The van der Waals surface area contributed by atoms with Crippen molar-refractivity contribution in [3.05, 3.63) is 54.1 Å². The number of benzene rings is 1. The SMILES string of the molecule is CCCN(CC(=O)N(Cc1cccn1C)CC(C)C)C(=O)Nc1cccc(F)c1. The molecule has 1 heterocycles. The van der Waals surface area contributed by atoms with Crippen LogP contribution in [-0.4, -0.2) is 45.9 Å². The number of urea groups is 1. The summed E-state index contributed by atoms with van der Waals surface area (Å²) in [6.07, 6.45) is 2.66. The third-order valence-electron chi connectivity index (χ3n) is 4.53. The zero-order valence-corrected chi connectivity index (χ0v) is 17.7. The first kappa shape index (κ1) is 22.5. The summed E-state index contributed by atoms with van der Waals surface area (Å²) in [4.78, 5) is 29.0. The molecule has 0 spiro atoms. The van der Waals surface area contributed by atoms with Crippen LogP contribution in [0.4, 0.5) is 14.9 Å². The maximum absolute atomic E-state index is 13.4. The third-order valence-corrected chi connectivity index (χ3v) is 4.53. The second-order valence-corrected chi connectivity index (χ2v) is 7.64. The predicted molar refractivity (Wildman–Crippen MR) is 113 cm³/mol. The lowest BCUT2D eigenvalue weighted by Crippen LogP contribution is -2.45. The highest BCUT2D eigenvalue weighted by Gasteiger charge is 2.22. The highest BCUT2D eigenvalue weighted by atomic mass is 19.1. The van der Waals surface area contributed by atoms with E-state index in [1.54, 1.807) is 11.0 Å². The summed E-state index contributed by atoms with van der Waals surface area (Å²) < 4.78 is 15.4. The van der Waals surface area contributed by atoms with E-state index in [4.69, 9.17) is 0 Å². The highest BCUT2D eigenvalue weighted by molar-refractivity contribution is 5.92. The van der Waals surface area contributed by atoms with Gasteiger partial charge in [-0.3, -0.25) is 4.79 Å². The standard InChI is InChI=1S/C22H31FN4O2/c1-5-11-26(22(29)24-19-9-6-8-18(23)13-19)16-21(28)27(14-17(2)3)15-20-10-7-12-25(20)4/h6-10,12-13,17H,5,11,14-16H2,1-4H3,(H,24,29). The van der Waals surface area contributed by atoms with Gasteiger partial charge in [0.05, 0.1) is 6.54 Å². The fourth-order valence-corrected chi connectivity index (χ4v) is 3.11. The molecule has 0 aliphatic rings. The Morgan fingerprint density at radius 1 is 1.17 bits per heavy atom. The third kappa shape index (κ3) is 6.93. The molecule has 0 radical (unpaired) electrons. The monoisotopic (exact) mass is 402 g/mol. The fourth-order valence-electron chi connectivity index (χ4n) is 3.11. The van der Waals surface area contributed by atoms with Crippen molar-refractivity contribution in [3.8, 4) is 0 Å². The predicted octanol–water partition coefficient (Wildman–Crippen LogP) is 4.09. The molecular weight excluding hydrogens is 371 g/mol. The second-order valence-electron chi connectivity index (χ2n) is 7.64. The Bertz CT molecular complexity index is 819. The molecule has 1 N–H and O–H groups in total. The Kier molecular flexibility index (Phi) is 8.24. The van der Waals surface area contributed by atoms with Crippen LogP contribution < -0.4 is 5.32 Å². The van der Waals surface area contributed by atoms with Crippen LogP contribution in [0.15, 0.2) is 42.6 Å². The van der Waals surface area contributed by atoms with E-state index < -0.39 is 11.8 Å². The van der Waals surface area contributed by atoms with E-state index in [-0.39, 0.29) is 12.5 Å². The van der Waals surface area contributed by atoms with Crippen molar-refractivity contribution in [1.82, 2.24) is 14.4 Å². The maximum atomic E-state index is 13.4. The lowest BCUT2D eigenvalue weighted by molar-refractivity contribution is -0.133. The number of nitrogens with zero attached hydrogens (tertiary/aromatic N) is 3. The average Bonchev–Trinajstić information content (AvgIpc) is 3.05. The number of carbonyl (C=O) groups excluding carboxylic acids is 2. The van der Waals surface area contributed by atoms with Crippen molar-refractivity contribution in [2.45, 2.75) is 33.7 Å². The van der Waals surface area contributed by atoms with Gasteiger partial charge in [-0.15, -0.1) is 0 Å². The van der Waals surface area contributed by atoms with E-state index in [9.17, 15) is 14.0 Å². The molecule has 0 atom stereocenters. The summed E-state index contributed by atoms with van der Waals surface area (Å²) in [5, 5.41) is 2.68. The summed E-state index contributed by atoms with van der Waals surface area (Å²) in [7, 11) is 1.95. The van der Waals surface area contributed by atoms with E-state index in [2.05, 4.69) is 19.2 Å². The van der Waals surface area contributed by atoms with Gasteiger partial charge >= 0.3 is 6.03 Å². The largest absolute Gasteiger partial charge is 0.353 e. The maximum Gasteiger partial charge on any atom is 0.322 e. The van der Waals surface area contributed by atoms with Gasteiger partial charge in [0.25, 0.3) is 0 Å². The summed E-state index contributed by atoms with van der Waals surface area (Å²) >= 11 is 0. The highest BCUT2D eigenvalue weighted by Crippen LogP contribution is 2.12. The normalized spacial score (nSPS) is 10.8. The molecule has 7 heteroatoms. The molecule has 0 saturated heterocycles. The molecular formula is C22H31FN4O2. The summed E-state index contributed by atoms with van der Waals surface area (Å²) in [5.41, 5.74) is 1.40. The van der Waals surface area contributed by atoms with Crippen molar-refractivity contribution >= 4 is 17.6 Å². The molecule has 0 fully saturated rings. The molecule has 0 aliphatic carbocycles. The van der Waals surface area contributed by atoms with Crippen molar-refractivity contribution in [3.63, 3.8) is 0 Å². The summed E-state index contributed by atoms with van der Waals surface area (Å²) in [6, 6.07) is 9.25. The zero-order valence-electron chi connectivity index (χ0n) is 17.7. The van der Waals surface area contributed by atoms with Gasteiger partial charge in [0.1, 0.15) is 12.4 Å². The minimum Gasteiger partial charge on any atom is -0.353 e. The minimum atomic E-state index is -0.424. The van der Waals surface area contributed by atoms with Crippen molar-refractivity contribution in [2.24, 2.45) is 13.0 Å². The minimum absolute atomic E-state index is 0.0217. The molecule has 1 aromatic carbocycles. The Hall–Kier alpha value is -2.83. The molecule has 0 bridgehead atoms. The van der Waals surface area contributed by atoms with Crippen LogP contribution in [0.2, 0.25) is 0 Å². The lowest BCUT2D eigenvalue weighted by Gasteiger charge is -2.29. The smallest absolute Gasteiger partial charge is 0.322 e. The van der Waals surface area contributed by atoms with E-state index in [0.717, 1.165) is 5.69 Å². The van der Waals surface area contributed by atoms with Crippen molar-refractivity contribution < 1.29 is 14.0 Å². The van der Waals surface area contributed by atoms with E-state index >= 15 is 0 Å². The van der Waals surface area contributed by atoms with Crippen LogP contribution in [0.25, 0.3) is 0 Å². The van der Waals surface area contributed by atoms with Gasteiger partial charge in [-0.2, -0.15) is 0 Å². The number of amides is 3. The van der Waals surface area contributed by atoms with Crippen LogP contribution >= 0.6 is 0 Å². The molecule has 0 saturated carbocycles. The number of carbonyl (C=O) groups is 2. The van der Waals surface area contributed by atoms with Gasteiger partial charge in [0, 0.05) is 37.7 Å². The zero-order chi connectivity index (χ0) is 21.4. The molecule has 2 rings (SSSR count). The average molecular weight is 403 g/mol. The van der Waals surface area contributed by atoms with Gasteiger partial charge < -0.3 is 19.7 Å². The molecule has 2 aromatic rings. The Balaban J connectivity index is 2.09. The number of nitrogens with one attached hydrogen (secondary N) is 1. The number of rotatable bonds is 9. The van der Waals surface area contributed by atoms with Crippen molar-refractivity contribution in [2.75, 3.05) is 25.0 Å². The first-order valence-corrected chi connectivity index (χ1v) is 9.99. The van der Waals surface area contributed by atoms with Crippen molar-refractivity contribution in [1.29, 1.82) is 0 Å². The Morgan fingerprint density at radius 2 is 1.93 bits per heavy atom. The number of anilines is 1. The van der Waals surface area contributed by atoms with Crippen LogP contribution in [0, 0.1) is 11.7 Å². The van der Waals surface area contributed by atoms with E-state index in [1.165, 1.54) is 23.1 Å². The molecule has 1 aromatic heterocycles. The molecule has 6 nitrogen and oxygen atoms in total. The Morgan fingerprint density at radius 3 is 2.52 bits per heavy atom. The lowest BCUT2D eigenvalue weighted by atomic mass is 10.2. The number of aryl methyl sites for hydroxylation is 1. The quantitative estimate of drug-likeness (QED) is 0.687. The number of halogens is 1. The van der Waals surface area contributed by atoms with Gasteiger partial charge in [0.15, 0.2) is 0 Å². The topological polar surface area (TPSA) is 57.6 Å². The van der Waals surface area contributed by atoms with Gasteiger partial charge in [-0.05, 0) is 42.7 Å². The number of hydrogen-bond acceptors (Lipinski definition) is 2. The second kappa shape index (κ2) is 10.6. The van der Waals surface area contributed by atoms with Crippen LogP contribution in [0.1, 0.15) is 32.9 Å². The first-order valence-electron chi connectivity index (χ1n) is 9.99. The van der Waals surface area contributed by atoms with Gasteiger partial charge in [-0.25, -0.2) is 9.18 Å².